The van der Waals surface area contributed by atoms with E-state index in [0.717, 1.165) is 11.4 Å². The first-order valence-corrected chi connectivity index (χ1v) is 8.68. The van der Waals surface area contributed by atoms with Gasteiger partial charge in [-0.25, -0.2) is 4.68 Å². The molecule has 0 radical (unpaired) electrons. The second-order valence-electron chi connectivity index (χ2n) is 5.97. The lowest BCUT2D eigenvalue weighted by molar-refractivity contribution is 0.0903. The van der Waals surface area contributed by atoms with Gasteiger partial charge in [0.2, 0.25) is 0 Å². The summed E-state index contributed by atoms with van der Waals surface area (Å²) in [7, 11) is 5.44. The predicted molar refractivity (Wildman–Crippen MR) is 99.0 cm³/mol. The number of fused-ring (bicyclic) bond motifs is 1. The molecule has 0 fully saturated rings. The third-order valence-electron chi connectivity index (χ3n) is 4.70. The standard InChI is InChI=1S/C17H19BrN6O/c1-20-16-15-13(7-17(21-2,22-3)8-14(15)25)24(23-16)11-5-4-10(9-19)12(18)6-11/h4-6,21-22H,7-8H2,1-3H3,(H,20,23). The van der Waals surface area contributed by atoms with E-state index in [2.05, 4.69) is 43.0 Å². The minimum absolute atomic E-state index is 0.0354. The van der Waals surface area contributed by atoms with Crippen molar-refractivity contribution in [1.82, 2.24) is 20.4 Å². The molecule has 8 heteroatoms. The lowest BCUT2D eigenvalue weighted by atomic mass is 9.86. The van der Waals surface area contributed by atoms with E-state index in [1.807, 2.05) is 26.2 Å². The number of halogens is 1. The molecule has 25 heavy (non-hydrogen) atoms. The number of carbonyl (C=O) groups excluding carboxylic acids is 1. The van der Waals surface area contributed by atoms with Crippen molar-refractivity contribution >= 4 is 27.5 Å². The van der Waals surface area contributed by atoms with Crippen LogP contribution in [0.5, 0.6) is 0 Å². The number of nitrogens with zero attached hydrogens (tertiary/aromatic N) is 3. The number of nitrogens with one attached hydrogen (secondary N) is 3. The van der Waals surface area contributed by atoms with E-state index in [-0.39, 0.29) is 5.78 Å². The van der Waals surface area contributed by atoms with Crippen LogP contribution in [0.1, 0.15) is 28.0 Å². The largest absolute Gasteiger partial charge is 0.371 e. The van der Waals surface area contributed by atoms with E-state index in [1.165, 1.54) is 0 Å². The molecule has 1 aromatic carbocycles. The molecule has 1 heterocycles. The summed E-state index contributed by atoms with van der Waals surface area (Å²) < 4.78 is 2.46. The van der Waals surface area contributed by atoms with Crippen LogP contribution in [-0.4, -0.2) is 42.4 Å². The van der Waals surface area contributed by atoms with Gasteiger partial charge < -0.3 is 16.0 Å². The minimum Gasteiger partial charge on any atom is -0.371 e. The molecule has 0 saturated carbocycles. The fourth-order valence-corrected chi connectivity index (χ4v) is 3.67. The maximum atomic E-state index is 12.8. The first-order chi connectivity index (χ1) is 12.0. The van der Waals surface area contributed by atoms with Gasteiger partial charge in [0.15, 0.2) is 11.6 Å². The van der Waals surface area contributed by atoms with Crippen molar-refractivity contribution in [3.63, 3.8) is 0 Å². The zero-order valence-electron chi connectivity index (χ0n) is 14.3. The average molecular weight is 403 g/mol. The topological polar surface area (TPSA) is 94.8 Å². The number of likely N-dealkylation sites (N-methyl/N-ethyl adjacent to an activating group) is 2. The van der Waals surface area contributed by atoms with Gasteiger partial charge in [-0.1, -0.05) is 0 Å². The van der Waals surface area contributed by atoms with Crippen LogP contribution in [-0.2, 0) is 6.42 Å². The third-order valence-corrected chi connectivity index (χ3v) is 5.36. The van der Waals surface area contributed by atoms with Gasteiger partial charge in [0.05, 0.1) is 28.2 Å². The van der Waals surface area contributed by atoms with Gasteiger partial charge in [-0.15, -0.1) is 5.10 Å². The highest BCUT2D eigenvalue weighted by molar-refractivity contribution is 9.10. The Balaban J connectivity index is 2.19. The normalized spacial score (nSPS) is 15.6. The maximum Gasteiger partial charge on any atom is 0.171 e. The molecule has 0 aliphatic heterocycles. The van der Waals surface area contributed by atoms with Gasteiger partial charge >= 0.3 is 0 Å². The highest BCUT2D eigenvalue weighted by atomic mass is 79.9. The van der Waals surface area contributed by atoms with E-state index < -0.39 is 5.66 Å². The molecule has 3 rings (SSSR count). The van der Waals surface area contributed by atoms with Crippen LogP contribution >= 0.6 is 15.9 Å². The summed E-state index contributed by atoms with van der Waals surface area (Å²) in [6, 6.07) is 7.53. The first-order valence-electron chi connectivity index (χ1n) is 7.89. The molecule has 130 valence electrons. The fraction of sp³-hybridized carbons (Fsp3) is 0.353. The molecular formula is C17H19BrN6O. The molecule has 7 nitrogen and oxygen atoms in total. The molecule has 1 aliphatic rings. The third kappa shape index (κ3) is 2.84. The second kappa shape index (κ2) is 6.59. The number of hydrogen-bond donors (Lipinski definition) is 3. The Morgan fingerprint density at radius 2 is 2.00 bits per heavy atom. The zero-order valence-corrected chi connectivity index (χ0v) is 15.9. The monoisotopic (exact) mass is 402 g/mol. The molecule has 0 bridgehead atoms. The SMILES string of the molecule is CNc1nn(-c2ccc(C#N)c(Br)c2)c2c1C(=O)CC(NC)(NC)C2. The van der Waals surface area contributed by atoms with Crippen molar-refractivity contribution in [2.45, 2.75) is 18.5 Å². The number of aromatic nitrogens is 2. The molecule has 0 atom stereocenters. The zero-order chi connectivity index (χ0) is 18.2. The van der Waals surface area contributed by atoms with Crippen molar-refractivity contribution in [1.29, 1.82) is 5.26 Å². The number of rotatable bonds is 4. The molecule has 0 amide bonds. The second-order valence-corrected chi connectivity index (χ2v) is 6.82. The quantitative estimate of drug-likeness (QED) is 0.675. The average Bonchev–Trinajstić information content (AvgIpc) is 3.00. The van der Waals surface area contributed by atoms with E-state index in [0.29, 0.717) is 34.3 Å². The Morgan fingerprint density at radius 3 is 2.56 bits per heavy atom. The van der Waals surface area contributed by atoms with Crippen LogP contribution in [0.4, 0.5) is 5.82 Å². The number of carbonyl (C=O) groups is 1. The Bertz CT molecular complexity index is 878. The lowest BCUT2D eigenvalue weighted by Gasteiger charge is -2.36. The van der Waals surface area contributed by atoms with Gasteiger partial charge in [-0.2, -0.15) is 5.26 Å². The Kier molecular flexibility index (Phi) is 4.64. The van der Waals surface area contributed by atoms with Crippen LogP contribution in [0.3, 0.4) is 0 Å². The number of Topliss-reactive ketones (excluding diaryl/α,β-unsaturated/α-hetero) is 1. The summed E-state index contributed by atoms with van der Waals surface area (Å²) in [5, 5.41) is 23.2. The lowest BCUT2D eigenvalue weighted by Crippen LogP contribution is -2.58. The molecular weight excluding hydrogens is 384 g/mol. The van der Waals surface area contributed by atoms with Crippen LogP contribution in [0.25, 0.3) is 5.69 Å². The van der Waals surface area contributed by atoms with E-state index in [1.54, 1.807) is 17.8 Å². The van der Waals surface area contributed by atoms with Gasteiger partial charge in [0.25, 0.3) is 0 Å². The Labute approximate surface area is 154 Å². The van der Waals surface area contributed by atoms with Crippen molar-refractivity contribution < 1.29 is 4.79 Å². The minimum atomic E-state index is -0.503. The number of anilines is 1. The van der Waals surface area contributed by atoms with Gasteiger partial charge in [0, 0.05) is 24.4 Å². The van der Waals surface area contributed by atoms with E-state index in [9.17, 15) is 4.79 Å². The number of benzene rings is 1. The highest BCUT2D eigenvalue weighted by Gasteiger charge is 2.40. The van der Waals surface area contributed by atoms with E-state index >= 15 is 0 Å². The Hall–Kier alpha value is -2.21. The number of nitriles is 1. The molecule has 1 aromatic heterocycles. The summed E-state index contributed by atoms with van der Waals surface area (Å²) in [6.07, 6.45) is 0.956. The van der Waals surface area contributed by atoms with Crippen LogP contribution in [0.2, 0.25) is 0 Å². The summed E-state index contributed by atoms with van der Waals surface area (Å²) in [5.74, 6) is 0.606. The number of ketones is 1. The van der Waals surface area contributed by atoms with Gasteiger partial charge in [0.1, 0.15) is 6.07 Å². The van der Waals surface area contributed by atoms with Crippen molar-refractivity contribution in [2.24, 2.45) is 0 Å². The summed E-state index contributed by atoms with van der Waals surface area (Å²) in [5.41, 5.74) is 2.30. The predicted octanol–water partition coefficient (Wildman–Crippen LogP) is 1.81. The van der Waals surface area contributed by atoms with Crippen LogP contribution in [0, 0.1) is 11.3 Å². The molecule has 0 spiro atoms. The fourth-order valence-electron chi connectivity index (χ4n) is 3.21. The summed E-state index contributed by atoms with van der Waals surface area (Å²) >= 11 is 3.42. The summed E-state index contributed by atoms with van der Waals surface area (Å²) in [4.78, 5) is 12.8. The maximum absolute atomic E-state index is 12.8. The highest BCUT2D eigenvalue weighted by Crippen LogP contribution is 2.34. The van der Waals surface area contributed by atoms with Crippen LogP contribution < -0.4 is 16.0 Å². The first kappa shape index (κ1) is 17.6. The van der Waals surface area contributed by atoms with Crippen molar-refractivity contribution in [3.8, 4) is 11.8 Å². The van der Waals surface area contributed by atoms with E-state index in [4.69, 9.17) is 5.26 Å². The van der Waals surface area contributed by atoms with Crippen molar-refractivity contribution in [3.05, 3.63) is 39.5 Å². The van der Waals surface area contributed by atoms with Gasteiger partial charge in [-0.05, 0) is 48.2 Å². The molecule has 3 N–H and O–H groups in total. The number of hydrogen-bond acceptors (Lipinski definition) is 6. The summed E-state index contributed by atoms with van der Waals surface area (Å²) in [6.45, 7) is 0. The van der Waals surface area contributed by atoms with Crippen LogP contribution in [0.15, 0.2) is 22.7 Å². The molecule has 1 aliphatic carbocycles. The smallest absolute Gasteiger partial charge is 0.171 e. The molecule has 0 saturated heterocycles. The van der Waals surface area contributed by atoms with Gasteiger partial charge in [-0.3, -0.25) is 4.79 Å². The molecule has 0 unspecified atom stereocenters. The van der Waals surface area contributed by atoms with Crippen molar-refractivity contribution in [2.75, 3.05) is 26.5 Å². The molecule has 2 aromatic rings. The Morgan fingerprint density at radius 1 is 1.28 bits per heavy atom.